The molecule has 1 atom stereocenters. The van der Waals surface area contributed by atoms with Crippen LogP contribution in [0.2, 0.25) is 0 Å². The Morgan fingerprint density at radius 3 is 1.58 bits per heavy atom. The van der Waals surface area contributed by atoms with Crippen LogP contribution in [0.5, 0.6) is 0 Å². The molecule has 0 aromatic carbocycles. The van der Waals surface area contributed by atoms with Gasteiger partial charge in [-0.1, -0.05) is 27.7 Å². The second kappa shape index (κ2) is 10.2. The summed E-state index contributed by atoms with van der Waals surface area (Å²) in [6.45, 7) is 19.0. The average Bonchev–Trinajstić information content (AvgIpc) is 2.44. The number of hydrogen-bond donors (Lipinski definition) is 0. The molecule has 0 N–H and O–H groups in total. The van der Waals surface area contributed by atoms with Crippen molar-refractivity contribution in [2.75, 3.05) is 45.8 Å². The Morgan fingerprint density at radius 2 is 1.26 bits per heavy atom. The van der Waals surface area contributed by atoms with E-state index in [1.54, 1.807) is 0 Å². The minimum absolute atomic E-state index is 0.00481. The zero-order valence-corrected chi connectivity index (χ0v) is 13.8. The van der Waals surface area contributed by atoms with Gasteiger partial charge in [0.15, 0.2) is 0 Å². The summed E-state index contributed by atoms with van der Waals surface area (Å²) in [4.78, 5) is 19.3. The summed E-state index contributed by atoms with van der Waals surface area (Å²) in [5.74, 6) is 0.278. The van der Waals surface area contributed by atoms with Crippen molar-refractivity contribution in [3.63, 3.8) is 0 Å². The first kappa shape index (κ1) is 18.4. The van der Waals surface area contributed by atoms with E-state index >= 15 is 0 Å². The van der Waals surface area contributed by atoms with Crippen LogP contribution in [0.4, 0.5) is 0 Å². The van der Waals surface area contributed by atoms with Gasteiger partial charge in [0.2, 0.25) is 5.91 Å². The highest BCUT2D eigenvalue weighted by Crippen LogP contribution is 2.07. The first-order chi connectivity index (χ1) is 9.09. The van der Waals surface area contributed by atoms with Crippen molar-refractivity contribution >= 4 is 5.91 Å². The van der Waals surface area contributed by atoms with Gasteiger partial charge in [-0.15, -0.1) is 0 Å². The molecule has 1 amide bonds. The summed E-state index contributed by atoms with van der Waals surface area (Å²) in [6, 6.07) is -0.00481. The molecule has 0 heterocycles. The van der Waals surface area contributed by atoms with Gasteiger partial charge in [0.05, 0.1) is 0 Å². The first-order valence-electron chi connectivity index (χ1n) is 7.84. The van der Waals surface area contributed by atoms with Gasteiger partial charge in [0.1, 0.15) is 6.04 Å². The van der Waals surface area contributed by atoms with Gasteiger partial charge in [-0.05, 0) is 40.0 Å². The van der Waals surface area contributed by atoms with E-state index in [4.69, 9.17) is 0 Å². The molecule has 0 aromatic heterocycles. The van der Waals surface area contributed by atoms with Gasteiger partial charge in [-0.25, -0.2) is 0 Å². The van der Waals surface area contributed by atoms with Crippen LogP contribution < -0.4 is 0 Å². The molecule has 1 unspecified atom stereocenters. The molecule has 0 aliphatic rings. The third kappa shape index (κ3) is 5.49. The number of carbonyl (C=O) groups is 1. The van der Waals surface area contributed by atoms with E-state index < -0.39 is 0 Å². The van der Waals surface area contributed by atoms with E-state index in [1.165, 1.54) is 0 Å². The molecule has 0 aliphatic carbocycles. The summed E-state index contributed by atoms with van der Waals surface area (Å²) in [5, 5.41) is 0. The van der Waals surface area contributed by atoms with Gasteiger partial charge in [0.25, 0.3) is 0 Å². The topological polar surface area (TPSA) is 26.8 Å². The van der Waals surface area contributed by atoms with Crippen LogP contribution >= 0.6 is 0 Å². The van der Waals surface area contributed by atoms with Crippen LogP contribution in [0.25, 0.3) is 0 Å². The maximum absolute atomic E-state index is 12.7. The molecule has 0 bridgehead atoms. The third-order valence-corrected chi connectivity index (χ3v) is 3.94. The monoisotopic (exact) mass is 271 g/mol. The lowest BCUT2D eigenvalue weighted by Crippen LogP contribution is -2.53. The number of rotatable bonds is 10. The molecule has 0 fully saturated rings. The standard InChI is InChI=1S/C15H33N3O/c1-7-16(8-2)13-14(17(9-3)10-4)15(19)18(11-5)12-6/h14H,7-13H2,1-6H3. The molecule has 0 saturated carbocycles. The van der Waals surface area contributed by atoms with Crippen LogP contribution in [-0.2, 0) is 4.79 Å². The maximum atomic E-state index is 12.7. The van der Waals surface area contributed by atoms with E-state index in [-0.39, 0.29) is 11.9 Å². The smallest absolute Gasteiger partial charge is 0.241 e. The quantitative estimate of drug-likeness (QED) is 0.607. The first-order valence-corrected chi connectivity index (χ1v) is 7.84. The fourth-order valence-corrected chi connectivity index (χ4v) is 2.49. The number of nitrogens with zero attached hydrogens (tertiary/aromatic N) is 3. The largest absolute Gasteiger partial charge is 0.342 e. The Labute approximate surface area is 119 Å². The van der Waals surface area contributed by atoms with Crippen LogP contribution in [0, 0.1) is 0 Å². The third-order valence-electron chi connectivity index (χ3n) is 3.94. The molecule has 19 heavy (non-hydrogen) atoms. The van der Waals surface area contributed by atoms with Crippen LogP contribution in [0.1, 0.15) is 41.5 Å². The summed E-state index contributed by atoms with van der Waals surface area (Å²) < 4.78 is 0. The minimum atomic E-state index is -0.00481. The van der Waals surface area contributed by atoms with Gasteiger partial charge < -0.3 is 9.80 Å². The second-order valence-corrected chi connectivity index (χ2v) is 4.73. The van der Waals surface area contributed by atoms with Crippen molar-refractivity contribution in [2.24, 2.45) is 0 Å². The SMILES string of the molecule is CCN(CC)CC(C(=O)N(CC)CC)N(CC)CC. The molecule has 0 radical (unpaired) electrons. The van der Waals surface area contributed by atoms with Gasteiger partial charge in [-0.2, -0.15) is 0 Å². The Kier molecular flexibility index (Phi) is 9.88. The zero-order valence-electron chi connectivity index (χ0n) is 13.8. The Morgan fingerprint density at radius 1 is 0.789 bits per heavy atom. The molecule has 0 aromatic rings. The van der Waals surface area contributed by atoms with Gasteiger partial charge in [-0.3, -0.25) is 9.69 Å². The second-order valence-electron chi connectivity index (χ2n) is 4.73. The van der Waals surface area contributed by atoms with Gasteiger partial charge >= 0.3 is 0 Å². The Bertz CT molecular complexity index is 234. The van der Waals surface area contributed by atoms with Crippen molar-refractivity contribution in [1.29, 1.82) is 0 Å². The highest BCUT2D eigenvalue weighted by Gasteiger charge is 2.28. The zero-order chi connectivity index (χ0) is 14.8. The van der Waals surface area contributed by atoms with Crippen molar-refractivity contribution < 1.29 is 4.79 Å². The molecule has 4 heteroatoms. The fourth-order valence-electron chi connectivity index (χ4n) is 2.49. The summed E-state index contributed by atoms with van der Waals surface area (Å²) >= 11 is 0. The lowest BCUT2D eigenvalue weighted by Gasteiger charge is -2.35. The molecule has 0 spiro atoms. The number of hydrogen-bond acceptors (Lipinski definition) is 3. The summed E-state index contributed by atoms with van der Waals surface area (Å²) in [5.41, 5.74) is 0. The predicted octanol–water partition coefficient (Wildman–Crippen LogP) is 1.91. The molecule has 114 valence electrons. The number of likely N-dealkylation sites (N-methyl/N-ethyl adjacent to an activating group) is 3. The van der Waals surface area contributed by atoms with Crippen molar-refractivity contribution in [3.05, 3.63) is 0 Å². The van der Waals surface area contributed by atoms with E-state index in [2.05, 4.69) is 51.3 Å². The summed E-state index contributed by atoms with van der Waals surface area (Å²) in [6.07, 6.45) is 0. The van der Waals surface area contributed by atoms with Crippen LogP contribution in [0.3, 0.4) is 0 Å². The number of carbonyl (C=O) groups excluding carboxylic acids is 1. The fraction of sp³-hybridized carbons (Fsp3) is 0.933. The van der Waals surface area contributed by atoms with E-state index in [0.717, 1.165) is 45.8 Å². The highest BCUT2D eigenvalue weighted by molar-refractivity contribution is 5.82. The maximum Gasteiger partial charge on any atom is 0.241 e. The molecule has 0 rings (SSSR count). The molecule has 4 nitrogen and oxygen atoms in total. The van der Waals surface area contributed by atoms with Crippen LogP contribution in [0.15, 0.2) is 0 Å². The highest BCUT2D eigenvalue weighted by atomic mass is 16.2. The van der Waals surface area contributed by atoms with Gasteiger partial charge in [0, 0.05) is 19.6 Å². The molecular weight excluding hydrogens is 238 g/mol. The van der Waals surface area contributed by atoms with E-state index in [0.29, 0.717) is 0 Å². The lowest BCUT2D eigenvalue weighted by atomic mass is 10.2. The molecular formula is C15H33N3O. The van der Waals surface area contributed by atoms with Crippen molar-refractivity contribution in [3.8, 4) is 0 Å². The minimum Gasteiger partial charge on any atom is -0.342 e. The predicted molar refractivity (Wildman–Crippen MR) is 82.4 cm³/mol. The Balaban J connectivity index is 4.98. The molecule has 0 aliphatic heterocycles. The van der Waals surface area contributed by atoms with E-state index in [9.17, 15) is 4.79 Å². The molecule has 0 saturated heterocycles. The van der Waals surface area contributed by atoms with Crippen LogP contribution in [-0.4, -0.2) is 72.5 Å². The van der Waals surface area contributed by atoms with Crippen molar-refractivity contribution in [2.45, 2.75) is 47.6 Å². The average molecular weight is 271 g/mol. The normalized spacial score (nSPS) is 13.1. The lowest BCUT2D eigenvalue weighted by molar-refractivity contribution is -0.137. The van der Waals surface area contributed by atoms with E-state index in [1.807, 2.05) is 4.90 Å². The summed E-state index contributed by atoms with van der Waals surface area (Å²) in [7, 11) is 0. The Hall–Kier alpha value is -0.610. The van der Waals surface area contributed by atoms with Crippen molar-refractivity contribution in [1.82, 2.24) is 14.7 Å². The number of amides is 1.